The molecule has 0 fully saturated rings. The van der Waals surface area contributed by atoms with Crippen molar-refractivity contribution in [1.82, 2.24) is 0 Å². The minimum absolute atomic E-state index is 0.904. The van der Waals surface area contributed by atoms with Gasteiger partial charge < -0.3 is 0 Å². The second kappa shape index (κ2) is 5.25. The van der Waals surface area contributed by atoms with Crippen molar-refractivity contribution in [3.05, 3.63) is 35.9 Å². The van der Waals surface area contributed by atoms with E-state index in [1.54, 1.807) is 6.21 Å². The van der Waals surface area contributed by atoms with Crippen LogP contribution in [-0.2, 0) is 0 Å². The first-order chi connectivity index (χ1) is 6.38. The van der Waals surface area contributed by atoms with Gasteiger partial charge in [-0.3, -0.25) is 0 Å². The molecule has 0 aromatic heterocycles. The van der Waals surface area contributed by atoms with Gasteiger partial charge in [0.25, 0.3) is 0 Å². The van der Waals surface area contributed by atoms with Gasteiger partial charge in [-0.1, -0.05) is 37.3 Å². The normalized spacial score (nSPS) is 12.3. The first-order valence-corrected chi connectivity index (χ1v) is 4.48. The Morgan fingerprint density at radius 1 is 1.31 bits per heavy atom. The maximum absolute atomic E-state index is 4.12. The Balaban J connectivity index is 2.91. The average molecular weight is 174 g/mol. The fourth-order valence-corrected chi connectivity index (χ4v) is 1.09. The number of hydrogen-bond donors (Lipinski definition) is 0. The van der Waals surface area contributed by atoms with Crippen LogP contribution in [0.3, 0.4) is 0 Å². The molecular formula is C11H14N2. The lowest BCUT2D eigenvalue weighted by atomic mass is 10.1. The van der Waals surface area contributed by atoms with E-state index in [1.165, 1.54) is 0 Å². The van der Waals surface area contributed by atoms with Crippen LogP contribution >= 0.6 is 0 Å². The van der Waals surface area contributed by atoms with Crippen LogP contribution in [0.4, 0.5) is 0 Å². The monoisotopic (exact) mass is 174 g/mol. The smallest absolute Gasteiger partial charge is 0.0699 e. The molecular weight excluding hydrogens is 160 g/mol. The molecule has 0 heterocycles. The van der Waals surface area contributed by atoms with Gasteiger partial charge in [0.2, 0.25) is 0 Å². The Morgan fingerprint density at radius 2 is 2.00 bits per heavy atom. The third kappa shape index (κ3) is 2.82. The zero-order valence-corrected chi connectivity index (χ0v) is 8.07. The molecule has 0 aliphatic heterocycles. The summed E-state index contributed by atoms with van der Waals surface area (Å²) in [6.07, 6.45) is 2.60. The highest BCUT2D eigenvalue weighted by molar-refractivity contribution is 6.00. The van der Waals surface area contributed by atoms with Gasteiger partial charge in [0.15, 0.2) is 0 Å². The van der Waals surface area contributed by atoms with Crippen LogP contribution in [0.5, 0.6) is 0 Å². The minimum atomic E-state index is 0.904. The van der Waals surface area contributed by atoms with Crippen molar-refractivity contribution in [3.8, 4) is 0 Å². The van der Waals surface area contributed by atoms with E-state index in [2.05, 4.69) is 17.1 Å². The highest BCUT2D eigenvalue weighted by Gasteiger charge is 1.97. The lowest BCUT2D eigenvalue weighted by molar-refractivity contribution is 1.17. The molecule has 0 unspecified atom stereocenters. The van der Waals surface area contributed by atoms with Crippen molar-refractivity contribution in [2.24, 2.45) is 10.2 Å². The number of hydrogen-bond acceptors (Lipinski definition) is 2. The van der Waals surface area contributed by atoms with Gasteiger partial charge in [-0.2, -0.15) is 10.2 Å². The third-order valence-electron chi connectivity index (χ3n) is 1.74. The highest BCUT2D eigenvalue weighted by Crippen LogP contribution is 2.04. The van der Waals surface area contributed by atoms with E-state index in [1.807, 2.05) is 37.3 Å². The van der Waals surface area contributed by atoms with Crippen LogP contribution in [0, 0.1) is 0 Å². The van der Waals surface area contributed by atoms with Crippen molar-refractivity contribution >= 4 is 11.9 Å². The molecule has 0 atom stereocenters. The topological polar surface area (TPSA) is 24.7 Å². The molecule has 0 aliphatic carbocycles. The van der Waals surface area contributed by atoms with Crippen LogP contribution < -0.4 is 0 Å². The summed E-state index contributed by atoms with van der Waals surface area (Å²) in [4.78, 5) is 0. The highest BCUT2D eigenvalue weighted by atomic mass is 15.2. The maximum Gasteiger partial charge on any atom is 0.0699 e. The second-order valence-corrected chi connectivity index (χ2v) is 2.64. The van der Waals surface area contributed by atoms with Crippen LogP contribution in [-0.4, -0.2) is 11.9 Å². The summed E-state index contributed by atoms with van der Waals surface area (Å²) >= 11 is 0. The van der Waals surface area contributed by atoms with Crippen molar-refractivity contribution in [2.75, 3.05) is 0 Å². The number of nitrogens with zero attached hydrogens (tertiary/aromatic N) is 2. The Kier molecular flexibility index (Phi) is 3.89. The van der Waals surface area contributed by atoms with Crippen molar-refractivity contribution in [3.63, 3.8) is 0 Å². The molecule has 0 saturated carbocycles. The zero-order chi connectivity index (χ0) is 9.52. The van der Waals surface area contributed by atoms with Gasteiger partial charge in [-0.05, 0) is 18.9 Å². The van der Waals surface area contributed by atoms with Gasteiger partial charge in [0.05, 0.1) is 5.71 Å². The lowest BCUT2D eigenvalue weighted by Crippen LogP contribution is -1.97. The third-order valence-corrected chi connectivity index (χ3v) is 1.74. The Bertz CT molecular complexity index is 299. The molecule has 0 aliphatic rings. The van der Waals surface area contributed by atoms with Crippen LogP contribution in [0.2, 0.25) is 0 Å². The number of benzene rings is 1. The van der Waals surface area contributed by atoms with Gasteiger partial charge in [-0.25, -0.2) is 0 Å². The molecule has 0 spiro atoms. The molecule has 2 heteroatoms. The minimum Gasteiger partial charge on any atom is -0.164 e. The Labute approximate surface area is 79.0 Å². The van der Waals surface area contributed by atoms with E-state index in [4.69, 9.17) is 0 Å². The largest absolute Gasteiger partial charge is 0.164 e. The first-order valence-electron chi connectivity index (χ1n) is 4.48. The molecule has 1 aromatic carbocycles. The molecule has 13 heavy (non-hydrogen) atoms. The van der Waals surface area contributed by atoms with E-state index in [9.17, 15) is 0 Å². The fraction of sp³-hybridized carbons (Fsp3) is 0.273. The standard InChI is InChI=1S/C11H14N2/c1-3-11(13-12-4-2)10-8-6-5-7-9-10/h4-9H,3H2,1-2H3/b12-4-,13-11+. The van der Waals surface area contributed by atoms with E-state index in [0.29, 0.717) is 0 Å². The average Bonchev–Trinajstić information content (AvgIpc) is 2.21. The summed E-state index contributed by atoms with van der Waals surface area (Å²) in [6, 6.07) is 10.1. The van der Waals surface area contributed by atoms with Gasteiger partial charge in [0.1, 0.15) is 0 Å². The molecule has 0 N–H and O–H groups in total. The van der Waals surface area contributed by atoms with E-state index in [0.717, 1.165) is 17.7 Å². The van der Waals surface area contributed by atoms with Gasteiger partial charge in [0, 0.05) is 6.21 Å². The Morgan fingerprint density at radius 3 is 2.54 bits per heavy atom. The predicted molar refractivity (Wildman–Crippen MR) is 57.4 cm³/mol. The molecule has 2 nitrogen and oxygen atoms in total. The summed E-state index contributed by atoms with van der Waals surface area (Å²) < 4.78 is 0. The molecule has 68 valence electrons. The summed E-state index contributed by atoms with van der Waals surface area (Å²) in [5.74, 6) is 0. The van der Waals surface area contributed by atoms with E-state index < -0.39 is 0 Å². The molecule has 0 amide bonds. The SMILES string of the molecule is C/C=N\N=C(/CC)c1ccccc1. The van der Waals surface area contributed by atoms with Crippen molar-refractivity contribution < 1.29 is 0 Å². The van der Waals surface area contributed by atoms with Crippen molar-refractivity contribution in [1.29, 1.82) is 0 Å². The summed E-state index contributed by atoms with van der Waals surface area (Å²) in [7, 11) is 0. The zero-order valence-electron chi connectivity index (χ0n) is 8.07. The maximum atomic E-state index is 4.12. The summed E-state index contributed by atoms with van der Waals surface area (Å²) in [5.41, 5.74) is 2.18. The van der Waals surface area contributed by atoms with E-state index in [-0.39, 0.29) is 0 Å². The lowest BCUT2D eigenvalue weighted by Gasteiger charge is -1.99. The van der Waals surface area contributed by atoms with Crippen LogP contribution in [0.1, 0.15) is 25.8 Å². The molecule has 1 rings (SSSR count). The second-order valence-electron chi connectivity index (χ2n) is 2.64. The van der Waals surface area contributed by atoms with Gasteiger partial charge >= 0.3 is 0 Å². The Hall–Kier alpha value is -1.44. The molecule has 1 aromatic rings. The number of rotatable bonds is 3. The molecule has 0 saturated heterocycles. The quantitative estimate of drug-likeness (QED) is 0.497. The first kappa shape index (κ1) is 9.65. The molecule has 0 radical (unpaired) electrons. The molecule has 0 bridgehead atoms. The van der Waals surface area contributed by atoms with Crippen molar-refractivity contribution in [2.45, 2.75) is 20.3 Å². The van der Waals surface area contributed by atoms with E-state index >= 15 is 0 Å². The predicted octanol–water partition coefficient (Wildman–Crippen LogP) is 2.89. The van der Waals surface area contributed by atoms with Crippen LogP contribution in [0.25, 0.3) is 0 Å². The fourth-order valence-electron chi connectivity index (χ4n) is 1.09. The summed E-state index contributed by atoms with van der Waals surface area (Å²) in [5, 5.41) is 8.00. The van der Waals surface area contributed by atoms with Gasteiger partial charge in [-0.15, -0.1) is 0 Å². The summed E-state index contributed by atoms with van der Waals surface area (Å²) in [6.45, 7) is 3.94. The van der Waals surface area contributed by atoms with Crippen LogP contribution in [0.15, 0.2) is 40.5 Å².